The Bertz CT molecular complexity index is 282. The highest BCUT2D eigenvalue weighted by molar-refractivity contribution is 4.88. The van der Waals surface area contributed by atoms with Crippen LogP contribution in [0.25, 0.3) is 0 Å². The van der Waals surface area contributed by atoms with Crippen molar-refractivity contribution in [3.63, 3.8) is 0 Å². The third-order valence-corrected chi connectivity index (χ3v) is 6.83. The van der Waals surface area contributed by atoms with Crippen LogP contribution in [0.4, 0.5) is 4.39 Å². The molecular formula is C21H39F. The van der Waals surface area contributed by atoms with E-state index in [-0.39, 0.29) is 0 Å². The lowest BCUT2D eigenvalue weighted by Gasteiger charge is -2.40. The predicted octanol–water partition coefficient (Wildman–Crippen LogP) is 7.46. The highest BCUT2D eigenvalue weighted by Gasteiger charge is 2.37. The highest BCUT2D eigenvalue weighted by atomic mass is 19.1. The fourth-order valence-corrected chi connectivity index (χ4v) is 4.97. The van der Waals surface area contributed by atoms with Crippen LogP contribution in [-0.4, -0.2) is 5.67 Å². The van der Waals surface area contributed by atoms with Crippen LogP contribution in [0.5, 0.6) is 0 Å². The van der Waals surface area contributed by atoms with E-state index in [2.05, 4.69) is 6.92 Å². The number of rotatable bonds is 8. The second-order valence-corrected chi connectivity index (χ2v) is 8.33. The Morgan fingerprint density at radius 3 is 1.95 bits per heavy atom. The fourth-order valence-electron chi connectivity index (χ4n) is 4.97. The maximum atomic E-state index is 14.3. The van der Waals surface area contributed by atoms with E-state index < -0.39 is 5.67 Å². The molecule has 0 heterocycles. The number of alkyl halides is 1. The van der Waals surface area contributed by atoms with Gasteiger partial charge in [0.15, 0.2) is 0 Å². The highest BCUT2D eigenvalue weighted by Crippen LogP contribution is 2.45. The van der Waals surface area contributed by atoms with Crippen molar-refractivity contribution in [2.75, 3.05) is 0 Å². The molecule has 0 aromatic heterocycles. The lowest BCUT2D eigenvalue weighted by Crippen LogP contribution is -2.32. The Morgan fingerprint density at radius 1 is 0.773 bits per heavy atom. The van der Waals surface area contributed by atoms with Gasteiger partial charge in [-0.25, -0.2) is 4.39 Å². The van der Waals surface area contributed by atoms with Crippen molar-refractivity contribution < 1.29 is 4.39 Å². The fraction of sp³-hybridized carbons (Fsp3) is 1.00. The van der Waals surface area contributed by atoms with Gasteiger partial charge in [-0.05, 0) is 62.7 Å². The second kappa shape index (κ2) is 9.28. The van der Waals surface area contributed by atoms with Crippen molar-refractivity contribution in [2.45, 2.75) is 116 Å². The maximum Gasteiger partial charge on any atom is 0.110 e. The van der Waals surface area contributed by atoms with Gasteiger partial charge >= 0.3 is 0 Å². The van der Waals surface area contributed by atoms with Crippen LogP contribution in [0.1, 0.15) is 110 Å². The van der Waals surface area contributed by atoms with E-state index in [0.717, 1.165) is 49.9 Å². The molecular weight excluding hydrogens is 271 g/mol. The Balaban J connectivity index is 1.59. The van der Waals surface area contributed by atoms with Crippen LogP contribution in [-0.2, 0) is 0 Å². The van der Waals surface area contributed by atoms with Crippen LogP contribution in [0.3, 0.4) is 0 Å². The van der Waals surface area contributed by atoms with E-state index >= 15 is 0 Å². The number of hydrogen-bond acceptors (Lipinski definition) is 0. The van der Waals surface area contributed by atoms with Gasteiger partial charge in [0.25, 0.3) is 0 Å². The number of hydrogen-bond donors (Lipinski definition) is 0. The zero-order chi connectivity index (χ0) is 15.8. The summed E-state index contributed by atoms with van der Waals surface area (Å²) in [6.07, 6.45) is 19.1. The van der Waals surface area contributed by atoms with Crippen LogP contribution < -0.4 is 0 Å². The standard InChI is InChI=1S/C21H39F/c1-3-5-6-7-8-9-18-10-12-19(13-11-18)20-14-16-21(22,4-2)17-15-20/h18-20H,3-17H2,1-2H3/t18-,19-,20?,21?. The first-order valence-electron chi connectivity index (χ1n) is 10.4. The van der Waals surface area contributed by atoms with Gasteiger partial charge in [-0.2, -0.15) is 0 Å². The monoisotopic (exact) mass is 310 g/mol. The molecule has 0 bridgehead atoms. The molecule has 0 nitrogen and oxygen atoms in total. The van der Waals surface area contributed by atoms with Gasteiger partial charge in [0.2, 0.25) is 0 Å². The van der Waals surface area contributed by atoms with E-state index in [1.54, 1.807) is 0 Å². The first-order chi connectivity index (χ1) is 10.7. The molecule has 2 fully saturated rings. The zero-order valence-corrected chi connectivity index (χ0v) is 15.2. The molecule has 0 atom stereocenters. The molecule has 0 N–H and O–H groups in total. The van der Waals surface area contributed by atoms with Crippen molar-refractivity contribution in [1.29, 1.82) is 0 Å². The quantitative estimate of drug-likeness (QED) is 0.408. The molecule has 0 amide bonds. The molecule has 2 saturated carbocycles. The summed E-state index contributed by atoms with van der Waals surface area (Å²) in [6, 6.07) is 0. The Morgan fingerprint density at radius 2 is 1.36 bits per heavy atom. The number of unbranched alkanes of at least 4 members (excludes halogenated alkanes) is 4. The lowest BCUT2D eigenvalue weighted by molar-refractivity contribution is 0.0513. The molecule has 2 aliphatic rings. The van der Waals surface area contributed by atoms with Crippen molar-refractivity contribution >= 4 is 0 Å². The van der Waals surface area contributed by atoms with Crippen LogP contribution in [0, 0.1) is 17.8 Å². The first kappa shape index (κ1) is 18.3. The molecule has 2 rings (SSSR count). The predicted molar refractivity (Wildman–Crippen MR) is 94.9 cm³/mol. The van der Waals surface area contributed by atoms with Gasteiger partial charge in [0.05, 0.1) is 0 Å². The largest absolute Gasteiger partial charge is 0.244 e. The minimum atomic E-state index is -0.813. The minimum Gasteiger partial charge on any atom is -0.244 e. The summed E-state index contributed by atoms with van der Waals surface area (Å²) >= 11 is 0. The van der Waals surface area contributed by atoms with E-state index in [0.29, 0.717) is 0 Å². The van der Waals surface area contributed by atoms with E-state index in [9.17, 15) is 4.39 Å². The second-order valence-electron chi connectivity index (χ2n) is 8.33. The molecule has 0 radical (unpaired) electrons. The molecule has 0 aromatic rings. The molecule has 0 spiro atoms. The van der Waals surface area contributed by atoms with Gasteiger partial charge < -0.3 is 0 Å². The van der Waals surface area contributed by atoms with Crippen LogP contribution >= 0.6 is 0 Å². The molecule has 0 unspecified atom stereocenters. The van der Waals surface area contributed by atoms with E-state index in [1.165, 1.54) is 64.2 Å². The van der Waals surface area contributed by atoms with E-state index in [1.807, 2.05) is 6.92 Å². The molecule has 2 aliphatic carbocycles. The van der Waals surface area contributed by atoms with Gasteiger partial charge in [-0.15, -0.1) is 0 Å². The van der Waals surface area contributed by atoms with Crippen molar-refractivity contribution in [1.82, 2.24) is 0 Å². The summed E-state index contributed by atoms with van der Waals surface area (Å²) < 4.78 is 14.3. The lowest BCUT2D eigenvalue weighted by atomic mass is 9.67. The van der Waals surface area contributed by atoms with Crippen molar-refractivity contribution in [3.05, 3.63) is 0 Å². The van der Waals surface area contributed by atoms with Gasteiger partial charge in [0.1, 0.15) is 5.67 Å². The third-order valence-electron chi connectivity index (χ3n) is 6.83. The molecule has 1 heteroatoms. The molecule has 0 aliphatic heterocycles. The molecule has 0 aromatic carbocycles. The minimum absolute atomic E-state index is 0.727. The van der Waals surface area contributed by atoms with Crippen molar-refractivity contribution in [3.8, 4) is 0 Å². The Kier molecular flexibility index (Phi) is 7.71. The molecule has 22 heavy (non-hydrogen) atoms. The summed E-state index contributed by atoms with van der Waals surface area (Å²) in [5.74, 6) is 2.79. The van der Waals surface area contributed by atoms with Gasteiger partial charge in [0, 0.05) is 0 Å². The maximum absolute atomic E-state index is 14.3. The average Bonchev–Trinajstić information content (AvgIpc) is 2.56. The number of halogens is 1. The van der Waals surface area contributed by atoms with Crippen LogP contribution in [0.15, 0.2) is 0 Å². The normalized spacial score (nSPS) is 36.4. The first-order valence-corrected chi connectivity index (χ1v) is 10.4. The molecule has 0 saturated heterocycles. The Labute approximate surface area is 138 Å². The van der Waals surface area contributed by atoms with Crippen LogP contribution in [0.2, 0.25) is 0 Å². The molecule has 130 valence electrons. The third kappa shape index (κ3) is 5.53. The van der Waals surface area contributed by atoms with Gasteiger partial charge in [-0.3, -0.25) is 0 Å². The summed E-state index contributed by atoms with van der Waals surface area (Å²) in [7, 11) is 0. The average molecular weight is 311 g/mol. The SMILES string of the molecule is CCCCCCC[C@H]1CC[C@H](C2CCC(F)(CC)CC2)CC1. The topological polar surface area (TPSA) is 0 Å². The zero-order valence-electron chi connectivity index (χ0n) is 15.2. The summed E-state index contributed by atoms with van der Waals surface area (Å²) in [5.41, 5.74) is -0.813. The van der Waals surface area contributed by atoms with E-state index in [4.69, 9.17) is 0 Å². The summed E-state index contributed by atoms with van der Waals surface area (Å²) in [6.45, 7) is 4.31. The smallest absolute Gasteiger partial charge is 0.110 e. The summed E-state index contributed by atoms with van der Waals surface area (Å²) in [4.78, 5) is 0. The Hall–Kier alpha value is -0.0700. The van der Waals surface area contributed by atoms with Crippen molar-refractivity contribution in [2.24, 2.45) is 17.8 Å². The van der Waals surface area contributed by atoms with Gasteiger partial charge in [-0.1, -0.05) is 65.2 Å². The summed E-state index contributed by atoms with van der Waals surface area (Å²) in [5, 5.41) is 0.